The number of Topliss-reactive ketones (excluding diaryl/α,β-unsaturated/α-hetero) is 1. The first-order chi connectivity index (χ1) is 10.6. The van der Waals surface area contributed by atoms with Gasteiger partial charge in [0.15, 0.2) is 5.78 Å². The van der Waals surface area contributed by atoms with Crippen molar-refractivity contribution < 1.29 is 9.59 Å². The Labute approximate surface area is 135 Å². The molecule has 3 aromatic rings. The van der Waals surface area contributed by atoms with Crippen molar-refractivity contribution in [1.29, 1.82) is 0 Å². The van der Waals surface area contributed by atoms with Crippen LogP contribution in [0.4, 0.5) is 5.69 Å². The Morgan fingerprint density at radius 1 is 1.09 bits per heavy atom. The van der Waals surface area contributed by atoms with Crippen LogP contribution in [0.3, 0.4) is 0 Å². The molecule has 0 aliphatic carbocycles. The highest BCUT2D eigenvalue weighted by Crippen LogP contribution is 2.38. The van der Waals surface area contributed by atoms with E-state index < -0.39 is 5.92 Å². The molecule has 0 bridgehead atoms. The van der Waals surface area contributed by atoms with Gasteiger partial charge in [-0.15, -0.1) is 11.3 Å². The number of amides is 1. The summed E-state index contributed by atoms with van der Waals surface area (Å²) in [5.41, 5.74) is 1.76. The molecule has 1 amide bonds. The molecule has 1 aromatic heterocycles. The van der Waals surface area contributed by atoms with Gasteiger partial charge in [0.25, 0.3) is 0 Å². The number of fused-ring (bicyclic) bond motifs is 2. The zero-order valence-electron chi connectivity index (χ0n) is 11.3. The third-order valence-electron chi connectivity index (χ3n) is 3.85. The fourth-order valence-corrected chi connectivity index (χ4v) is 3.98. The lowest BCUT2D eigenvalue weighted by atomic mass is 9.86. The van der Waals surface area contributed by atoms with Gasteiger partial charge < -0.3 is 5.32 Å². The minimum atomic E-state index is -0.801. The van der Waals surface area contributed by atoms with Gasteiger partial charge in [0.2, 0.25) is 5.91 Å². The van der Waals surface area contributed by atoms with Crippen LogP contribution in [0, 0.1) is 0 Å². The molecule has 0 saturated heterocycles. The van der Waals surface area contributed by atoms with Gasteiger partial charge in [-0.1, -0.05) is 29.8 Å². The molecule has 1 aliphatic rings. The highest BCUT2D eigenvalue weighted by Gasteiger charge is 2.36. The summed E-state index contributed by atoms with van der Waals surface area (Å²) in [6, 6.07) is 12.7. The molecule has 0 radical (unpaired) electrons. The second kappa shape index (κ2) is 4.93. The summed E-state index contributed by atoms with van der Waals surface area (Å²) in [5, 5.41) is 6.14. The fourth-order valence-electron chi connectivity index (χ4n) is 2.82. The molecule has 2 heterocycles. The maximum Gasteiger partial charge on any atom is 0.239 e. The molecule has 4 rings (SSSR count). The summed E-state index contributed by atoms with van der Waals surface area (Å²) in [5.74, 6) is -1.29. The van der Waals surface area contributed by atoms with E-state index in [9.17, 15) is 9.59 Å². The summed E-state index contributed by atoms with van der Waals surface area (Å²) < 4.78 is 1.07. The predicted molar refractivity (Wildman–Crippen MR) is 89.0 cm³/mol. The minimum Gasteiger partial charge on any atom is -0.324 e. The molecular formula is C17H10ClNO2S. The van der Waals surface area contributed by atoms with E-state index in [1.54, 1.807) is 29.5 Å². The molecule has 1 unspecified atom stereocenters. The Morgan fingerprint density at radius 2 is 1.91 bits per heavy atom. The first-order valence-electron chi connectivity index (χ1n) is 6.76. The third kappa shape index (κ3) is 1.95. The number of anilines is 1. The van der Waals surface area contributed by atoms with Crippen molar-refractivity contribution in [3.05, 3.63) is 64.0 Å². The maximum absolute atomic E-state index is 12.8. The number of benzene rings is 2. The first kappa shape index (κ1) is 13.5. The number of carbonyl (C=O) groups is 2. The summed E-state index contributed by atoms with van der Waals surface area (Å²) >= 11 is 7.47. The zero-order chi connectivity index (χ0) is 15.3. The molecular weight excluding hydrogens is 318 g/mol. The number of ketones is 1. The van der Waals surface area contributed by atoms with Gasteiger partial charge in [-0.3, -0.25) is 9.59 Å². The zero-order valence-corrected chi connectivity index (χ0v) is 12.9. The van der Waals surface area contributed by atoms with E-state index in [1.165, 1.54) is 0 Å². The van der Waals surface area contributed by atoms with Crippen molar-refractivity contribution in [3.8, 4) is 0 Å². The van der Waals surface area contributed by atoms with Crippen LogP contribution in [-0.2, 0) is 4.79 Å². The van der Waals surface area contributed by atoms with E-state index >= 15 is 0 Å². The number of rotatable bonds is 1. The topological polar surface area (TPSA) is 46.2 Å². The van der Waals surface area contributed by atoms with E-state index in [0.29, 0.717) is 16.3 Å². The summed E-state index contributed by atoms with van der Waals surface area (Å²) in [6.45, 7) is 0. The Kier molecular flexibility index (Phi) is 3.03. The maximum atomic E-state index is 12.8. The van der Waals surface area contributed by atoms with E-state index in [2.05, 4.69) is 5.32 Å². The fraction of sp³-hybridized carbons (Fsp3) is 0.0588. The Morgan fingerprint density at radius 3 is 2.77 bits per heavy atom. The molecule has 1 aliphatic heterocycles. The van der Waals surface area contributed by atoms with Gasteiger partial charge in [0, 0.05) is 15.3 Å². The van der Waals surface area contributed by atoms with Crippen molar-refractivity contribution in [2.45, 2.75) is 5.92 Å². The van der Waals surface area contributed by atoms with Crippen molar-refractivity contribution in [2.24, 2.45) is 0 Å². The normalized spacial score (nSPS) is 17.4. The quantitative estimate of drug-likeness (QED) is 0.670. The lowest BCUT2D eigenvalue weighted by Gasteiger charge is -2.23. The van der Waals surface area contributed by atoms with Crippen molar-refractivity contribution in [1.82, 2.24) is 0 Å². The first-order valence-corrected chi connectivity index (χ1v) is 8.01. The van der Waals surface area contributed by atoms with Gasteiger partial charge in [-0.25, -0.2) is 0 Å². The summed E-state index contributed by atoms with van der Waals surface area (Å²) in [4.78, 5) is 25.2. The third-order valence-corrected chi connectivity index (χ3v) is 5.07. The molecule has 0 saturated carbocycles. The van der Waals surface area contributed by atoms with Gasteiger partial charge >= 0.3 is 0 Å². The monoisotopic (exact) mass is 327 g/mol. The number of halogens is 1. The van der Waals surface area contributed by atoms with Crippen LogP contribution in [0.5, 0.6) is 0 Å². The number of hydrogen-bond acceptors (Lipinski definition) is 3. The SMILES string of the molecule is O=C1Nc2cc(Cl)ccc2C(=O)C1c1csc2ccccc12. The van der Waals surface area contributed by atoms with Crippen molar-refractivity contribution in [3.63, 3.8) is 0 Å². The van der Waals surface area contributed by atoms with Crippen LogP contribution in [0.15, 0.2) is 47.8 Å². The summed E-state index contributed by atoms with van der Waals surface area (Å²) in [6.07, 6.45) is 0. The Bertz CT molecular complexity index is 931. The van der Waals surface area contributed by atoms with Crippen molar-refractivity contribution in [2.75, 3.05) is 5.32 Å². The highest BCUT2D eigenvalue weighted by atomic mass is 35.5. The molecule has 22 heavy (non-hydrogen) atoms. The van der Waals surface area contributed by atoms with E-state index in [1.807, 2.05) is 29.6 Å². The number of thiophene rings is 1. The molecule has 2 aromatic carbocycles. The lowest BCUT2D eigenvalue weighted by molar-refractivity contribution is -0.116. The average molecular weight is 328 g/mol. The number of carbonyl (C=O) groups excluding carboxylic acids is 2. The van der Waals surface area contributed by atoms with Crippen LogP contribution >= 0.6 is 22.9 Å². The highest BCUT2D eigenvalue weighted by molar-refractivity contribution is 7.17. The minimum absolute atomic E-state index is 0.182. The second-order valence-corrected chi connectivity index (χ2v) is 6.51. The Hall–Kier alpha value is -2.17. The van der Waals surface area contributed by atoms with Crippen LogP contribution in [0.2, 0.25) is 5.02 Å². The largest absolute Gasteiger partial charge is 0.324 e. The standard InChI is InChI=1S/C17H10ClNO2S/c18-9-5-6-11-13(7-9)19-17(21)15(16(11)20)12-8-22-14-4-2-1-3-10(12)14/h1-8,15H,(H,19,21). The van der Waals surface area contributed by atoms with E-state index in [4.69, 9.17) is 11.6 Å². The Balaban J connectivity index is 1.88. The van der Waals surface area contributed by atoms with Crippen LogP contribution in [0.25, 0.3) is 10.1 Å². The van der Waals surface area contributed by atoms with Gasteiger partial charge in [0.05, 0.1) is 5.69 Å². The average Bonchev–Trinajstić information content (AvgIpc) is 2.91. The molecule has 0 fully saturated rings. The smallest absolute Gasteiger partial charge is 0.239 e. The molecule has 108 valence electrons. The predicted octanol–water partition coefficient (Wildman–Crippen LogP) is 4.47. The second-order valence-electron chi connectivity index (χ2n) is 5.16. The molecule has 5 heteroatoms. The van der Waals surface area contributed by atoms with Gasteiger partial charge in [-0.2, -0.15) is 0 Å². The van der Waals surface area contributed by atoms with Gasteiger partial charge in [-0.05, 0) is 40.6 Å². The summed E-state index contributed by atoms with van der Waals surface area (Å²) in [7, 11) is 0. The molecule has 3 nitrogen and oxygen atoms in total. The lowest BCUT2D eigenvalue weighted by Crippen LogP contribution is -2.33. The molecule has 1 N–H and O–H groups in total. The van der Waals surface area contributed by atoms with Crippen molar-refractivity contribution >= 4 is 50.4 Å². The molecule has 0 spiro atoms. The van der Waals surface area contributed by atoms with Gasteiger partial charge in [0.1, 0.15) is 5.92 Å². The van der Waals surface area contributed by atoms with E-state index in [0.717, 1.165) is 15.6 Å². The van der Waals surface area contributed by atoms with E-state index in [-0.39, 0.29) is 11.7 Å². The molecule has 1 atom stereocenters. The van der Waals surface area contributed by atoms with Crippen LogP contribution < -0.4 is 5.32 Å². The van der Waals surface area contributed by atoms with Crippen LogP contribution in [0.1, 0.15) is 21.8 Å². The van der Waals surface area contributed by atoms with Crippen LogP contribution in [-0.4, -0.2) is 11.7 Å². The number of hydrogen-bond donors (Lipinski definition) is 1. The number of nitrogens with one attached hydrogen (secondary N) is 1.